The molecule has 2 rings (SSSR count). The molecule has 3 heteroatoms. The zero-order valence-electron chi connectivity index (χ0n) is 11.1. The van der Waals surface area contributed by atoms with Crippen LogP contribution in [0.5, 0.6) is 0 Å². The van der Waals surface area contributed by atoms with E-state index in [1.165, 1.54) is 0 Å². The van der Waals surface area contributed by atoms with Gasteiger partial charge in [-0.25, -0.2) is 4.39 Å². The molecule has 19 heavy (non-hydrogen) atoms. The second kappa shape index (κ2) is 5.85. The van der Waals surface area contributed by atoms with Gasteiger partial charge < -0.3 is 5.73 Å². The summed E-state index contributed by atoms with van der Waals surface area (Å²) in [5.41, 5.74) is 9.73. The smallest absolute Gasteiger partial charge is 0.128 e. The maximum Gasteiger partial charge on any atom is 0.128 e. The van der Waals surface area contributed by atoms with E-state index in [1.54, 1.807) is 6.07 Å². The second-order valence-electron chi connectivity index (χ2n) is 4.92. The Kier molecular flexibility index (Phi) is 4.38. The average molecular weight is 322 g/mol. The molecule has 0 saturated heterocycles. The normalized spacial score (nSPS) is 12.5. The van der Waals surface area contributed by atoms with Crippen LogP contribution in [0.3, 0.4) is 0 Å². The number of benzene rings is 2. The molecule has 1 unspecified atom stereocenters. The fraction of sp³-hybridized carbons (Fsp3) is 0.250. The molecule has 0 bridgehead atoms. The van der Waals surface area contributed by atoms with Crippen LogP contribution in [0.4, 0.5) is 4.39 Å². The largest absolute Gasteiger partial charge is 0.324 e. The second-order valence-corrected chi connectivity index (χ2v) is 5.83. The molecule has 0 spiro atoms. The van der Waals surface area contributed by atoms with Crippen molar-refractivity contribution in [3.63, 3.8) is 0 Å². The highest BCUT2D eigenvalue weighted by atomic mass is 79.9. The van der Waals surface area contributed by atoms with Crippen molar-refractivity contribution >= 4 is 15.9 Å². The first-order valence-electron chi connectivity index (χ1n) is 6.24. The number of nitrogens with two attached hydrogens (primary N) is 1. The van der Waals surface area contributed by atoms with Gasteiger partial charge in [-0.05, 0) is 55.2 Å². The van der Waals surface area contributed by atoms with Gasteiger partial charge in [0.15, 0.2) is 0 Å². The van der Waals surface area contributed by atoms with E-state index < -0.39 is 0 Å². The van der Waals surface area contributed by atoms with Crippen LogP contribution < -0.4 is 5.73 Å². The van der Waals surface area contributed by atoms with Crippen molar-refractivity contribution in [1.29, 1.82) is 0 Å². The lowest BCUT2D eigenvalue weighted by molar-refractivity contribution is 0.576. The van der Waals surface area contributed by atoms with Gasteiger partial charge in [0.2, 0.25) is 0 Å². The van der Waals surface area contributed by atoms with Crippen LogP contribution in [0.2, 0.25) is 0 Å². The van der Waals surface area contributed by atoms with Crippen molar-refractivity contribution in [2.45, 2.75) is 26.3 Å². The molecule has 1 nitrogen and oxygen atoms in total. The van der Waals surface area contributed by atoms with Crippen LogP contribution in [0.1, 0.15) is 28.3 Å². The highest BCUT2D eigenvalue weighted by Crippen LogP contribution is 2.25. The Morgan fingerprint density at radius 2 is 1.95 bits per heavy atom. The summed E-state index contributed by atoms with van der Waals surface area (Å²) in [6.45, 7) is 3.80. The van der Waals surface area contributed by atoms with E-state index >= 15 is 0 Å². The summed E-state index contributed by atoms with van der Waals surface area (Å²) in [6.07, 6.45) is 0.625. The number of hydrogen-bond donors (Lipinski definition) is 1. The lowest BCUT2D eigenvalue weighted by atomic mass is 9.94. The molecular formula is C16H17BrFN. The van der Waals surface area contributed by atoms with Crippen molar-refractivity contribution in [3.8, 4) is 0 Å². The molecule has 2 aromatic carbocycles. The Balaban J connectivity index is 2.28. The predicted octanol–water partition coefficient (Wildman–Crippen LogP) is 4.45. The van der Waals surface area contributed by atoms with Gasteiger partial charge in [0.05, 0.1) is 0 Å². The first-order chi connectivity index (χ1) is 8.97. The molecule has 0 aromatic heterocycles. The molecule has 0 radical (unpaired) electrons. The van der Waals surface area contributed by atoms with E-state index in [9.17, 15) is 4.39 Å². The Morgan fingerprint density at radius 1 is 1.21 bits per heavy atom. The molecule has 0 aliphatic rings. The molecule has 100 valence electrons. The maximum atomic E-state index is 14.1. The van der Waals surface area contributed by atoms with E-state index in [4.69, 9.17) is 5.73 Å². The predicted molar refractivity (Wildman–Crippen MR) is 80.6 cm³/mol. The molecule has 0 aliphatic carbocycles. The third-order valence-electron chi connectivity index (χ3n) is 3.20. The number of halogens is 2. The lowest BCUT2D eigenvalue weighted by Gasteiger charge is -2.16. The van der Waals surface area contributed by atoms with Gasteiger partial charge in [0, 0.05) is 16.1 Å². The van der Waals surface area contributed by atoms with Crippen LogP contribution in [0, 0.1) is 19.7 Å². The summed E-state index contributed by atoms with van der Waals surface area (Å²) >= 11 is 3.43. The van der Waals surface area contributed by atoms with E-state index in [-0.39, 0.29) is 11.9 Å². The standard InChI is InChI=1S/C16H17BrFN/c1-10-6-11(2)16(14(18)7-10)15(19)9-12-4-3-5-13(17)8-12/h3-8,15H,9,19H2,1-2H3. The van der Waals surface area contributed by atoms with Crippen molar-refractivity contribution in [2.75, 3.05) is 0 Å². The Morgan fingerprint density at radius 3 is 2.58 bits per heavy atom. The van der Waals surface area contributed by atoms with E-state index in [0.29, 0.717) is 12.0 Å². The monoisotopic (exact) mass is 321 g/mol. The molecule has 0 fully saturated rings. The minimum absolute atomic E-state index is 0.208. The van der Waals surface area contributed by atoms with Crippen LogP contribution in [0.25, 0.3) is 0 Å². The van der Waals surface area contributed by atoms with Crippen LogP contribution in [-0.4, -0.2) is 0 Å². The first kappa shape index (κ1) is 14.2. The van der Waals surface area contributed by atoms with Gasteiger partial charge in [0.1, 0.15) is 5.82 Å². The molecule has 1 atom stereocenters. The van der Waals surface area contributed by atoms with Gasteiger partial charge in [-0.3, -0.25) is 0 Å². The van der Waals surface area contributed by atoms with E-state index in [2.05, 4.69) is 15.9 Å². The van der Waals surface area contributed by atoms with Crippen LogP contribution in [-0.2, 0) is 6.42 Å². The fourth-order valence-electron chi connectivity index (χ4n) is 2.42. The van der Waals surface area contributed by atoms with Crippen molar-refractivity contribution in [1.82, 2.24) is 0 Å². The zero-order chi connectivity index (χ0) is 14.0. The average Bonchev–Trinajstić information content (AvgIpc) is 2.27. The summed E-state index contributed by atoms with van der Waals surface area (Å²) in [5.74, 6) is -0.208. The minimum Gasteiger partial charge on any atom is -0.324 e. The van der Waals surface area contributed by atoms with Crippen molar-refractivity contribution < 1.29 is 4.39 Å². The quantitative estimate of drug-likeness (QED) is 0.888. The minimum atomic E-state index is -0.324. The topological polar surface area (TPSA) is 26.0 Å². The highest BCUT2D eigenvalue weighted by Gasteiger charge is 2.15. The number of aryl methyl sites for hydroxylation is 2. The number of hydrogen-bond acceptors (Lipinski definition) is 1. The molecule has 2 aromatic rings. The molecular weight excluding hydrogens is 305 g/mol. The molecule has 0 aliphatic heterocycles. The highest BCUT2D eigenvalue weighted by molar-refractivity contribution is 9.10. The third-order valence-corrected chi connectivity index (χ3v) is 3.69. The Bertz CT molecular complexity index is 572. The van der Waals surface area contributed by atoms with Gasteiger partial charge in [0.25, 0.3) is 0 Å². The lowest BCUT2D eigenvalue weighted by Crippen LogP contribution is -2.16. The summed E-state index contributed by atoms with van der Waals surface area (Å²) in [5, 5.41) is 0. The Hall–Kier alpha value is -1.19. The maximum absolute atomic E-state index is 14.1. The summed E-state index contributed by atoms with van der Waals surface area (Å²) < 4.78 is 15.1. The fourth-order valence-corrected chi connectivity index (χ4v) is 2.86. The van der Waals surface area contributed by atoms with Crippen molar-refractivity contribution in [2.24, 2.45) is 5.73 Å². The SMILES string of the molecule is Cc1cc(C)c(C(N)Cc2cccc(Br)c2)c(F)c1. The van der Waals surface area contributed by atoms with Gasteiger partial charge in [-0.2, -0.15) is 0 Å². The van der Waals surface area contributed by atoms with E-state index in [1.807, 2.05) is 44.2 Å². The summed E-state index contributed by atoms with van der Waals surface area (Å²) in [6, 6.07) is 11.1. The van der Waals surface area contributed by atoms with Crippen LogP contribution in [0.15, 0.2) is 40.9 Å². The molecule has 0 heterocycles. The first-order valence-corrected chi connectivity index (χ1v) is 7.03. The van der Waals surface area contributed by atoms with Gasteiger partial charge in [-0.1, -0.05) is 34.1 Å². The zero-order valence-corrected chi connectivity index (χ0v) is 12.7. The summed E-state index contributed by atoms with van der Waals surface area (Å²) in [7, 11) is 0. The third kappa shape index (κ3) is 3.43. The molecule has 0 amide bonds. The molecule has 0 saturated carbocycles. The van der Waals surface area contributed by atoms with Crippen molar-refractivity contribution in [3.05, 3.63) is 68.9 Å². The van der Waals surface area contributed by atoms with Gasteiger partial charge >= 0.3 is 0 Å². The number of rotatable bonds is 3. The summed E-state index contributed by atoms with van der Waals surface area (Å²) in [4.78, 5) is 0. The van der Waals surface area contributed by atoms with Crippen LogP contribution >= 0.6 is 15.9 Å². The Labute approximate surface area is 121 Å². The molecule has 2 N–H and O–H groups in total. The van der Waals surface area contributed by atoms with Gasteiger partial charge in [-0.15, -0.1) is 0 Å². The van der Waals surface area contributed by atoms with E-state index in [0.717, 1.165) is 21.2 Å².